The first-order valence-electron chi connectivity index (χ1n) is 5.55. The first-order chi connectivity index (χ1) is 8.03. The van der Waals surface area contributed by atoms with E-state index in [4.69, 9.17) is 16.3 Å². The van der Waals surface area contributed by atoms with E-state index in [0.29, 0.717) is 6.42 Å². The van der Waals surface area contributed by atoms with Gasteiger partial charge in [0.2, 0.25) is 0 Å². The van der Waals surface area contributed by atoms with Crippen LogP contribution in [0.4, 0.5) is 0 Å². The van der Waals surface area contributed by atoms with Crippen molar-refractivity contribution in [3.63, 3.8) is 0 Å². The van der Waals surface area contributed by atoms with Gasteiger partial charge in [-0.25, -0.2) is 9.93 Å². The molecule has 1 atom stereocenters. The molecule has 6 nitrogen and oxygen atoms in total. The highest BCUT2D eigenvalue weighted by Crippen LogP contribution is 2.32. The Kier molecular flexibility index (Phi) is 3.77. The van der Waals surface area contributed by atoms with Crippen molar-refractivity contribution in [1.82, 2.24) is 4.31 Å². The molecular formula is C11H18N2O4S. The van der Waals surface area contributed by atoms with Gasteiger partial charge in [-0.3, -0.25) is 0 Å². The highest BCUT2D eigenvalue weighted by atomic mass is 32.2. The number of carbonyl (C=O) groups is 1. The molecule has 0 amide bonds. The number of carbonyl (C=O) groups excluding carboxylic acids is 1. The van der Waals surface area contributed by atoms with Gasteiger partial charge in [0.15, 0.2) is 5.54 Å². The van der Waals surface area contributed by atoms with E-state index >= 15 is 0 Å². The SMILES string of the molecule is C#CC1(C(=O)OC(C)(C)C)CCCN1S(N)(=O)=O. The second kappa shape index (κ2) is 4.53. The van der Waals surface area contributed by atoms with Crippen molar-refractivity contribution in [2.75, 3.05) is 6.54 Å². The number of terminal acetylenes is 1. The average molecular weight is 274 g/mol. The molecule has 1 rings (SSSR count). The van der Waals surface area contributed by atoms with Gasteiger partial charge in [-0.15, -0.1) is 6.42 Å². The van der Waals surface area contributed by atoms with Crippen molar-refractivity contribution in [2.24, 2.45) is 5.14 Å². The van der Waals surface area contributed by atoms with E-state index in [-0.39, 0.29) is 13.0 Å². The molecule has 1 heterocycles. The number of esters is 1. The van der Waals surface area contributed by atoms with Crippen LogP contribution in [-0.2, 0) is 19.7 Å². The molecule has 1 aliphatic rings. The third-order valence-corrected chi connectivity index (χ3v) is 3.72. The Hall–Kier alpha value is -1.10. The van der Waals surface area contributed by atoms with Gasteiger partial charge in [-0.05, 0) is 33.6 Å². The zero-order chi connectivity index (χ0) is 14.2. The molecule has 1 saturated heterocycles. The predicted octanol–water partition coefficient (Wildman–Crippen LogP) is -0.000600. The lowest BCUT2D eigenvalue weighted by Gasteiger charge is -2.32. The number of nitrogens with zero attached hydrogens (tertiary/aromatic N) is 1. The fraction of sp³-hybridized carbons (Fsp3) is 0.727. The first-order valence-corrected chi connectivity index (χ1v) is 7.05. The third-order valence-electron chi connectivity index (χ3n) is 2.61. The van der Waals surface area contributed by atoms with Gasteiger partial charge < -0.3 is 4.74 Å². The van der Waals surface area contributed by atoms with Gasteiger partial charge >= 0.3 is 5.97 Å². The molecule has 1 fully saturated rings. The van der Waals surface area contributed by atoms with Crippen molar-refractivity contribution < 1.29 is 17.9 Å². The maximum atomic E-state index is 12.1. The fourth-order valence-electron chi connectivity index (χ4n) is 1.91. The number of ether oxygens (including phenoxy) is 1. The lowest BCUT2D eigenvalue weighted by atomic mass is 9.98. The molecule has 0 aromatic rings. The zero-order valence-corrected chi connectivity index (χ0v) is 11.6. The minimum Gasteiger partial charge on any atom is -0.458 e. The smallest absolute Gasteiger partial charge is 0.340 e. The molecule has 0 radical (unpaired) electrons. The lowest BCUT2D eigenvalue weighted by molar-refractivity contribution is -0.162. The summed E-state index contributed by atoms with van der Waals surface area (Å²) in [5.74, 6) is 1.50. The van der Waals surface area contributed by atoms with Crippen LogP contribution in [0, 0.1) is 12.3 Å². The van der Waals surface area contributed by atoms with E-state index in [1.807, 2.05) is 0 Å². The molecule has 1 unspecified atom stereocenters. The van der Waals surface area contributed by atoms with E-state index < -0.39 is 27.3 Å². The minimum absolute atomic E-state index is 0.127. The van der Waals surface area contributed by atoms with Gasteiger partial charge in [0.25, 0.3) is 10.2 Å². The first kappa shape index (κ1) is 15.0. The van der Waals surface area contributed by atoms with Crippen LogP contribution in [0.2, 0.25) is 0 Å². The second-order valence-electron chi connectivity index (χ2n) is 5.23. The molecule has 0 saturated carbocycles. The molecule has 0 aromatic carbocycles. The van der Waals surface area contributed by atoms with E-state index in [1.54, 1.807) is 20.8 Å². The molecule has 1 aliphatic heterocycles. The van der Waals surface area contributed by atoms with Crippen LogP contribution < -0.4 is 5.14 Å². The Morgan fingerprint density at radius 1 is 1.50 bits per heavy atom. The van der Waals surface area contributed by atoms with E-state index in [9.17, 15) is 13.2 Å². The minimum atomic E-state index is -4.03. The highest BCUT2D eigenvalue weighted by molar-refractivity contribution is 7.86. The van der Waals surface area contributed by atoms with Crippen LogP contribution in [0.3, 0.4) is 0 Å². The Morgan fingerprint density at radius 3 is 2.44 bits per heavy atom. The highest BCUT2D eigenvalue weighted by Gasteiger charge is 2.53. The van der Waals surface area contributed by atoms with Crippen LogP contribution in [0.15, 0.2) is 0 Å². The fourth-order valence-corrected chi connectivity index (χ4v) is 2.94. The monoisotopic (exact) mass is 274 g/mol. The summed E-state index contributed by atoms with van der Waals surface area (Å²) in [5, 5.41) is 5.09. The molecule has 0 aromatic heterocycles. The van der Waals surface area contributed by atoms with E-state index in [0.717, 1.165) is 4.31 Å². The van der Waals surface area contributed by atoms with Crippen LogP contribution in [-0.4, -0.2) is 36.4 Å². The largest absolute Gasteiger partial charge is 0.458 e. The summed E-state index contributed by atoms with van der Waals surface area (Å²) in [7, 11) is -4.03. The zero-order valence-electron chi connectivity index (χ0n) is 10.8. The van der Waals surface area contributed by atoms with Crippen molar-refractivity contribution in [2.45, 2.75) is 44.8 Å². The van der Waals surface area contributed by atoms with Crippen LogP contribution in [0.25, 0.3) is 0 Å². The summed E-state index contributed by atoms with van der Waals surface area (Å²) >= 11 is 0. The molecule has 0 spiro atoms. The topological polar surface area (TPSA) is 89.7 Å². The predicted molar refractivity (Wildman–Crippen MR) is 66.5 cm³/mol. The van der Waals surface area contributed by atoms with Gasteiger partial charge in [0.05, 0.1) is 0 Å². The maximum Gasteiger partial charge on any atom is 0.340 e. The number of hydrogen-bond acceptors (Lipinski definition) is 4. The third kappa shape index (κ3) is 2.83. The van der Waals surface area contributed by atoms with Crippen LogP contribution in [0.5, 0.6) is 0 Å². The second-order valence-corrected chi connectivity index (χ2v) is 6.70. The normalized spacial score (nSPS) is 25.7. The molecule has 18 heavy (non-hydrogen) atoms. The maximum absolute atomic E-state index is 12.1. The van der Waals surface area contributed by atoms with Crippen molar-refractivity contribution >= 4 is 16.2 Å². The number of nitrogens with two attached hydrogens (primary N) is 1. The van der Waals surface area contributed by atoms with Crippen molar-refractivity contribution in [3.05, 3.63) is 0 Å². The van der Waals surface area contributed by atoms with Crippen LogP contribution in [0.1, 0.15) is 33.6 Å². The van der Waals surface area contributed by atoms with Gasteiger partial charge in [0, 0.05) is 6.54 Å². The molecule has 102 valence electrons. The van der Waals surface area contributed by atoms with E-state index in [1.165, 1.54) is 0 Å². The molecule has 7 heteroatoms. The Morgan fingerprint density at radius 2 is 2.06 bits per heavy atom. The van der Waals surface area contributed by atoms with Crippen molar-refractivity contribution in [1.29, 1.82) is 0 Å². The quantitative estimate of drug-likeness (QED) is 0.567. The van der Waals surface area contributed by atoms with E-state index in [2.05, 4.69) is 5.92 Å². The van der Waals surface area contributed by atoms with Crippen molar-refractivity contribution in [3.8, 4) is 12.3 Å². The summed E-state index contributed by atoms with van der Waals surface area (Å²) in [4.78, 5) is 12.1. The Balaban J connectivity index is 3.14. The molecule has 0 aliphatic carbocycles. The molecule has 2 N–H and O–H groups in total. The summed E-state index contributed by atoms with van der Waals surface area (Å²) in [6.45, 7) is 5.18. The molecular weight excluding hydrogens is 256 g/mol. The lowest BCUT2D eigenvalue weighted by Crippen LogP contribution is -2.55. The summed E-state index contributed by atoms with van der Waals surface area (Å²) < 4.78 is 29.0. The molecule has 0 bridgehead atoms. The summed E-state index contributed by atoms with van der Waals surface area (Å²) in [6, 6.07) is 0. The van der Waals surface area contributed by atoms with Gasteiger partial charge in [-0.2, -0.15) is 12.7 Å². The summed E-state index contributed by atoms with van der Waals surface area (Å²) in [5.41, 5.74) is -2.35. The number of hydrogen-bond donors (Lipinski definition) is 1. The Labute approximate surface area is 108 Å². The van der Waals surface area contributed by atoms with Gasteiger partial charge in [0.1, 0.15) is 5.60 Å². The summed E-state index contributed by atoms with van der Waals surface area (Å²) in [6.07, 6.45) is 6.05. The standard InChI is InChI=1S/C11H18N2O4S/c1-5-11(9(14)17-10(2,3)4)7-6-8-13(11)18(12,15)16/h1H,6-8H2,2-4H3,(H2,12,15,16). The number of rotatable bonds is 2. The Bertz CT molecular complexity index is 486. The average Bonchev–Trinajstić information content (AvgIpc) is 2.58. The van der Waals surface area contributed by atoms with Gasteiger partial charge in [-0.1, -0.05) is 5.92 Å². The van der Waals surface area contributed by atoms with Crippen LogP contribution >= 0.6 is 0 Å².